The number of likely N-dealkylation sites (tertiary alicyclic amines) is 1. The monoisotopic (exact) mass is 628 g/mol. The molecule has 2 N–H and O–H groups in total. The van der Waals surface area contributed by atoms with Crippen molar-refractivity contribution in [3.05, 3.63) is 102 Å². The molecule has 0 bridgehead atoms. The molecule has 3 aromatic carbocycles. The number of hydrogen-bond donors (Lipinski definition) is 1. The second-order valence-electron chi connectivity index (χ2n) is 10.7. The number of carbonyl (C=O) groups excluding carboxylic acids is 2. The van der Waals surface area contributed by atoms with Crippen LogP contribution in [0.2, 0.25) is 0 Å². The molecule has 0 unspecified atom stereocenters. The first kappa shape index (κ1) is 34.1. The number of halogens is 1. The SMILES string of the molecule is CN(C[C@@H](CCN1CCC(N(CC(N)=O)C(=O)OCc2ccccc2)CC1)c1ccccc1)S(=O)(=O)c1ccccc1.Cl. The van der Waals surface area contributed by atoms with Crippen LogP contribution in [0.15, 0.2) is 95.9 Å². The summed E-state index contributed by atoms with van der Waals surface area (Å²) in [6.07, 6.45) is 1.61. The maximum atomic E-state index is 13.2. The number of rotatable bonds is 13. The van der Waals surface area contributed by atoms with Crippen molar-refractivity contribution < 1.29 is 22.7 Å². The number of likely N-dealkylation sites (N-methyl/N-ethyl adjacent to an activating group) is 1. The summed E-state index contributed by atoms with van der Waals surface area (Å²) in [5, 5.41) is 0. The van der Waals surface area contributed by atoms with Gasteiger partial charge in [-0.3, -0.25) is 9.69 Å². The first-order valence-electron chi connectivity index (χ1n) is 14.3. The van der Waals surface area contributed by atoms with Gasteiger partial charge in [0.25, 0.3) is 0 Å². The number of nitrogens with two attached hydrogens (primary N) is 1. The Morgan fingerprint density at radius 3 is 2.07 bits per heavy atom. The van der Waals surface area contributed by atoms with Gasteiger partial charge < -0.3 is 15.4 Å². The van der Waals surface area contributed by atoms with E-state index in [1.54, 1.807) is 37.4 Å². The highest BCUT2D eigenvalue weighted by Crippen LogP contribution is 2.26. The standard InChI is InChI=1S/C32H40N4O5S.ClH/c1-34(42(39,40)30-15-9-4-10-16-30)23-28(27-13-7-3-8-14-27)17-20-35-21-18-29(19-22-35)36(24-31(33)37)32(38)41-25-26-11-5-2-6-12-26;/h2-16,28-29H,17-25H2,1H3,(H2,33,37);1H/t28-;/m1./s1. The molecule has 43 heavy (non-hydrogen) atoms. The molecule has 1 aliphatic heterocycles. The lowest BCUT2D eigenvalue weighted by Gasteiger charge is -2.38. The summed E-state index contributed by atoms with van der Waals surface area (Å²) in [6.45, 7) is 2.56. The van der Waals surface area contributed by atoms with Gasteiger partial charge >= 0.3 is 6.09 Å². The lowest BCUT2D eigenvalue weighted by atomic mass is 9.94. The van der Waals surface area contributed by atoms with Crippen LogP contribution < -0.4 is 5.73 Å². The van der Waals surface area contributed by atoms with E-state index in [4.69, 9.17) is 10.5 Å². The Morgan fingerprint density at radius 1 is 0.930 bits per heavy atom. The van der Waals surface area contributed by atoms with Crippen molar-refractivity contribution in [1.82, 2.24) is 14.1 Å². The summed E-state index contributed by atoms with van der Waals surface area (Å²) in [5.74, 6) is -0.568. The van der Waals surface area contributed by atoms with E-state index in [2.05, 4.69) is 4.90 Å². The van der Waals surface area contributed by atoms with Gasteiger partial charge in [0.15, 0.2) is 0 Å². The van der Waals surface area contributed by atoms with Gasteiger partial charge in [-0.15, -0.1) is 12.4 Å². The van der Waals surface area contributed by atoms with E-state index in [0.717, 1.165) is 37.2 Å². The zero-order chi connectivity index (χ0) is 30.0. The molecule has 1 atom stereocenters. The van der Waals surface area contributed by atoms with Gasteiger partial charge in [-0.25, -0.2) is 17.5 Å². The molecular weight excluding hydrogens is 588 g/mol. The fraction of sp³-hybridized carbons (Fsp3) is 0.375. The predicted molar refractivity (Wildman–Crippen MR) is 169 cm³/mol. The molecule has 1 heterocycles. The zero-order valence-corrected chi connectivity index (χ0v) is 26.1. The van der Waals surface area contributed by atoms with E-state index in [1.165, 1.54) is 9.21 Å². The number of nitrogens with zero attached hydrogens (tertiary/aromatic N) is 3. The van der Waals surface area contributed by atoms with Gasteiger partial charge in [-0.05, 0) is 55.0 Å². The maximum absolute atomic E-state index is 13.2. The third-order valence-corrected chi connectivity index (χ3v) is 9.59. The first-order chi connectivity index (χ1) is 20.2. The molecule has 4 rings (SSSR count). The number of carbonyl (C=O) groups is 2. The zero-order valence-electron chi connectivity index (χ0n) is 24.5. The van der Waals surface area contributed by atoms with E-state index in [-0.39, 0.29) is 42.4 Å². The minimum absolute atomic E-state index is 0. The summed E-state index contributed by atoms with van der Waals surface area (Å²) >= 11 is 0. The minimum Gasteiger partial charge on any atom is -0.445 e. The number of amides is 2. The number of ether oxygens (including phenoxy) is 1. The molecule has 0 saturated carbocycles. The Morgan fingerprint density at radius 2 is 1.49 bits per heavy atom. The van der Waals surface area contributed by atoms with E-state index in [1.807, 2.05) is 60.7 Å². The number of piperidine rings is 1. The Bertz CT molecular complexity index is 1390. The molecular formula is C32H41ClN4O5S. The smallest absolute Gasteiger partial charge is 0.410 e. The quantitative estimate of drug-likeness (QED) is 0.298. The summed E-state index contributed by atoms with van der Waals surface area (Å²) in [7, 11) is -1.98. The van der Waals surface area contributed by atoms with Crippen molar-refractivity contribution >= 4 is 34.4 Å². The van der Waals surface area contributed by atoms with Crippen molar-refractivity contribution in [3.63, 3.8) is 0 Å². The highest BCUT2D eigenvalue weighted by atomic mass is 35.5. The predicted octanol–water partition coefficient (Wildman–Crippen LogP) is 4.49. The highest BCUT2D eigenvalue weighted by Gasteiger charge is 2.31. The van der Waals surface area contributed by atoms with Crippen molar-refractivity contribution in [2.45, 2.75) is 42.7 Å². The maximum Gasteiger partial charge on any atom is 0.410 e. The summed E-state index contributed by atoms with van der Waals surface area (Å²) in [5.41, 5.74) is 7.43. The summed E-state index contributed by atoms with van der Waals surface area (Å²) < 4.78 is 33.4. The molecule has 0 radical (unpaired) electrons. The van der Waals surface area contributed by atoms with Crippen LogP contribution in [-0.2, 0) is 26.2 Å². The van der Waals surface area contributed by atoms with Crippen LogP contribution in [0.5, 0.6) is 0 Å². The minimum atomic E-state index is -3.61. The fourth-order valence-electron chi connectivity index (χ4n) is 5.38. The van der Waals surface area contributed by atoms with Crippen LogP contribution in [0.4, 0.5) is 4.79 Å². The third kappa shape index (κ3) is 9.79. The van der Waals surface area contributed by atoms with Crippen molar-refractivity contribution in [2.75, 3.05) is 39.8 Å². The average molecular weight is 629 g/mol. The van der Waals surface area contributed by atoms with Gasteiger partial charge in [0.2, 0.25) is 15.9 Å². The molecule has 0 spiro atoms. The molecule has 232 valence electrons. The Labute approximate surface area is 261 Å². The number of hydrogen-bond acceptors (Lipinski definition) is 6. The van der Waals surface area contributed by atoms with Crippen molar-refractivity contribution in [3.8, 4) is 0 Å². The average Bonchev–Trinajstić information content (AvgIpc) is 3.02. The van der Waals surface area contributed by atoms with Gasteiger partial charge in [0, 0.05) is 32.7 Å². The van der Waals surface area contributed by atoms with Crippen LogP contribution >= 0.6 is 12.4 Å². The van der Waals surface area contributed by atoms with Crippen LogP contribution in [0.1, 0.15) is 36.3 Å². The molecule has 11 heteroatoms. The number of benzene rings is 3. The Balaban J connectivity index is 0.00000506. The Kier molecular flexibility index (Phi) is 13.0. The number of primary amides is 1. The summed E-state index contributed by atoms with van der Waals surface area (Å²) in [6, 6.07) is 27.7. The lowest BCUT2D eigenvalue weighted by Crippen LogP contribution is -2.50. The first-order valence-corrected chi connectivity index (χ1v) is 15.7. The van der Waals surface area contributed by atoms with Crippen LogP contribution in [0.3, 0.4) is 0 Å². The lowest BCUT2D eigenvalue weighted by molar-refractivity contribution is -0.119. The van der Waals surface area contributed by atoms with Gasteiger partial charge in [-0.1, -0.05) is 78.9 Å². The molecule has 3 aromatic rings. The van der Waals surface area contributed by atoms with E-state index in [9.17, 15) is 18.0 Å². The summed E-state index contributed by atoms with van der Waals surface area (Å²) in [4.78, 5) is 28.8. The van der Waals surface area contributed by atoms with Gasteiger partial charge in [0.1, 0.15) is 13.2 Å². The fourth-order valence-corrected chi connectivity index (χ4v) is 6.61. The molecule has 9 nitrogen and oxygen atoms in total. The third-order valence-electron chi connectivity index (χ3n) is 7.76. The highest BCUT2D eigenvalue weighted by molar-refractivity contribution is 7.89. The van der Waals surface area contributed by atoms with Crippen LogP contribution in [0, 0.1) is 0 Å². The van der Waals surface area contributed by atoms with Gasteiger partial charge in [0.05, 0.1) is 4.90 Å². The number of sulfonamides is 1. The molecule has 1 saturated heterocycles. The van der Waals surface area contributed by atoms with E-state index >= 15 is 0 Å². The van der Waals surface area contributed by atoms with Gasteiger partial charge in [-0.2, -0.15) is 0 Å². The van der Waals surface area contributed by atoms with Crippen molar-refractivity contribution in [1.29, 1.82) is 0 Å². The van der Waals surface area contributed by atoms with Crippen LogP contribution in [-0.4, -0.2) is 80.3 Å². The molecule has 1 aliphatic rings. The normalized spacial score (nSPS) is 14.9. The Hall–Kier alpha value is -3.44. The largest absolute Gasteiger partial charge is 0.445 e. The topological polar surface area (TPSA) is 113 Å². The second-order valence-corrected chi connectivity index (χ2v) is 12.7. The molecule has 0 aromatic heterocycles. The van der Waals surface area contributed by atoms with E-state index in [0.29, 0.717) is 19.4 Å². The molecule has 0 aliphatic carbocycles. The van der Waals surface area contributed by atoms with E-state index < -0.39 is 22.0 Å². The van der Waals surface area contributed by atoms with Crippen molar-refractivity contribution in [2.24, 2.45) is 5.73 Å². The second kappa shape index (κ2) is 16.4. The molecule has 1 fully saturated rings. The molecule has 2 amide bonds. The van der Waals surface area contributed by atoms with Crippen LogP contribution in [0.25, 0.3) is 0 Å².